The second-order valence-electron chi connectivity index (χ2n) is 7.34. The Hall–Kier alpha value is -3.48. The molecule has 3 rings (SSSR count). The molecule has 0 unspecified atom stereocenters. The molecule has 1 heterocycles. The molecule has 0 saturated heterocycles. The zero-order valence-corrected chi connectivity index (χ0v) is 20.3. The summed E-state index contributed by atoms with van der Waals surface area (Å²) in [5, 5.41) is 16.1. The molecule has 1 aliphatic rings. The van der Waals surface area contributed by atoms with Gasteiger partial charge in [-0.25, -0.2) is 0 Å². The lowest BCUT2D eigenvalue weighted by atomic mass is 9.78. The normalized spacial score (nSPS) is 17.4. The third kappa shape index (κ3) is 5.35. The van der Waals surface area contributed by atoms with Gasteiger partial charge in [-0.15, -0.1) is 0 Å². The van der Waals surface area contributed by atoms with E-state index in [1.807, 2.05) is 0 Å². The van der Waals surface area contributed by atoms with Crippen molar-refractivity contribution in [1.82, 2.24) is 5.32 Å². The summed E-state index contributed by atoms with van der Waals surface area (Å²) < 4.78 is 10.0. The van der Waals surface area contributed by atoms with Crippen LogP contribution in [0.1, 0.15) is 17.0 Å². The van der Waals surface area contributed by atoms with Crippen LogP contribution in [0.15, 0.2) is 53.1 Å². The van der Waals surface area contributed by atoms with Gasteiger partial charge in [0, 0.05) is 16.6 Å². The summed E-state index contributed by atoms with van der Waals surface area (Å²) in [4.78, 5) is 37.9. The van der Waals surface area contributed by atoms with E-state index in [0.29, 0.717) is 22.0 Å². The van der Waals surface area contributed by atoms with E-state index in [4.69, 9.17) is 21.1 Å². The highest BCUT2D eigenvalue weighted by atomic mass is 35.5. The van der Waals surface area contributed by atoms with Crippen molar-refractivity contribution in [2.24, 2.45) is 5.92 Å². The van der Waals surface area contributed by atoms with E-state index in [1.165, 1.54) is 14.2 Å². The minimum absolute atomic E-state index is 0.0784. The molecule has 10 heteroatoms. The first-order valence-electron chi connectivity index (χ1n) is 10.1. The molecule has 2 amide bonds. The number of hydrogen-bond acceptors (Lipinski definition) is 7. The van der Waals surface area contributed by atoms with E-state index in [0.717, 1.165) is 17.3 Å². The first kappa shape index (κ1) is 25.1. The summed E-state index contributed by atoms with van der Waals surface area (Å²) in [6, 6.07) is 14.0. The molecule has 0 radical (unpaired) electrons. The van der Waals surface area contributed by atoms with Gasteiger partial charge in [0.05, 0.1) is 36.6 Å². The van der Waals surface area contributed by atoms with Crippen LogP contribution in [0.4, 0.5) is 5.69 Å². The smallest absolute Gasteiger partial charge is 0.319 e. The fourth-order valence-corrected chi connectivity index (χ4v) is 4.58. The lowest BCUT2D eigenvalue weighted by Gasteiger charge is -2.31. The van der Waals surface area contributed by atoms with Gasteiger partial charge in [0.15, 0.2) is 0 Å². The minimum atomic E-state index is -1.25. The van der Waals surface area contributed by atoms with Crippen LogP contribution in [0.3, 0.4) is 0 Å². The van der Waals surface area contributed by atoms with Crippen LogP contribution < -0.4 is 15.4 Å². The Labute approximate surface area is 206 Å². The van der Waals surface area contributed by atoms with E-state index in [2.05, 4.69) is 16.7 Å². The number of halogens is 1. The third-order valence-electron chi connectivity index (χ3n) is 5.35. The molecular formula is C24H22ClN3O5S. The van der Waals surface area contributed by atoms with E-state index in [-0.39, 0.29) is 22.3 Å². The van der Waals surface area contributed by atoms with Gasteiger partial charge in [-0.2, -0.15) is 5.26 Å². The van der Waals surface area contributed by atoms with Gasteiger partial charge in [0.1, 0.15) is 11.7 Å². The zero-order valence-electron chi connectivity index (χ0n) is 18.7. The molecule has 1 aliphatic heterocycles. The summed E-state index contributed by atoms with van der Waals surface area (Å²) in [5.41, 5.74) is 2.03. The summed E-state index contributed by atoms with van der Waals surface area (Å²) in [6.45, 7) is 1.79. The lowest BCUT2D eigenvalue weighted by molar-refractivity contribution is -0.150. The van der Waals surface area contributed by atoms with Crippen LogP contribution >= 0.6 is 23.4 Å². The van der Waals surface area contributed by atoms with Crippen molar-refractivity contribution >= 4 is 46.8 Å². The van der Waals surface area contributed by atoms with Crippen molar-refractivity contribution in [3.05, 3.63) is 69.2 Å². The predicted molar refractivity (Wildman–Crippen MR) is 129 cm³/mol. The average Bonchev–Trinajstić information content (AvgIpc) is 2.84. The second-order valence-corrected chi connectivity index (χ2v) is 8.74. The highest BCUT2D eigenvalue weighted by Gasteiger charge is 2.44. The standard InChI is InChI=1S/C24H22ClN3O5S/c1-13-17(25)5-4-6-18(13)27-19(29)12-34-23-16(11-26)20(14-7-9-15(32-2)10-8-14)21(22(30)28-23)24(31)33-3/h4-10,20-21H,12H2,1-3H3,(H,27,29)(H,28,30)/t20-,21-/m1/s1. The molecular weight excluding hydrogens is 478 g/mol. The molecule has 2 aromatic carbocycles. The number of allylic oxidation sites excluding steroid dienone is 1. The first-order chi connectivity index (χ1) is 16.3. The molecule has 0 fully saturated rings. The van der Waals surface area contributed by atoms with E-state index >= 15 is 0 Å². The minimum Gasteiger partial charge on any atom is -0.497 e. The average molecular weight is 500 g/mol. The number of carbonyl (C=O) groups excluding carboxylic acids is 3. The SMILES string of the molecule is COC(=O)[C@H]1C(=O)NC(SCC(=O)Nc2cccc(Cl)c2C)=C(C#N)[C@H]1c1ccc(OC)cc1. The van der Waals surface area contributed by atoms with Crippen molar-refractivity contribution in [2.45, 2.75) is 12.8 Å². The van der Waals surface area contributed by atoms with E-state index < -0.39 is 23.7 Å². The quantitative estimate of drug-likeness (QED) is 0.440. The molecule has 0 aliphatic carbocycles. The number of nitrogens with one attached hydrogen (secondary N) is 2. The van der Waals surface area contributed by atoms with Gasteiger partial charge < -0.3 is 20.1 Å². The number of nitriles is 1. The van der Waals surface area contributed by atoms with Gasteiger partial charge in [-0.1, -0.05) is 41.6 Å². The number of methoxy groups -OCH3 is 2. The number of ether oxygens (including phenoxy) is 2. The number of nitrogens with zero attached hydrogens (tertiary/aromatic N) is 1. The fraction of sp³-hybridized carbons (Fsp3) is 0.250. The molecule has 34 heavy (non-hydrogen) atoms. The monoisotopic (exact) mass is 499 g/mol. The Morgan fingerprint density at radius 1 is 1.21 bits per heavy atom. The highest BCUT2D eigenvalue weighted by molar-refractivity contribution is 8.03. The van der Waals surface area contributed by atoms with Crippen molar-refractivity contribution in [2.75, 3.05) is 25.3 Å². The molecule has 0 aromatic heterocycles. The third-order valence-corrected chi connectivity index (χ3v) is 6.77. The molecule has 2 aromatic rings. The number of carbonyl (C=O) groups is 3. The maximum Gasteiger partial charge on any atom is 0.319 e. The summed E-state index contributed by atoms with van der Waals surface area (Å²) >= 11 is 7.10. The largest absolute Gasteiger partial charge is 0.497 e. The first-order valence-corrected chi connectivity index (χ1v) is 11.5. The van der Waals surface area contributed by atoms with Crippen molar-refractivity contribution < 1.29 is 23.9 Å². The van der Waals surface area contributed by atoms with E-state index in [1.54, 1.807) is 49.4 Å². The van der Waals surface area contributed by atoms with Crippen LogP contribution in [0.2, 0.25) is 5.02 Å². The number of amides is 2. The van der Waals surface area contributed by atoms with E-state index in [9.17, 15) is 19.6 Å². The van der Waals surface area contributed by atoms with Crippen LogP contribution in [0, 0.1) is 24.2 Å². The Bertz CT molecular complexity index is 1190. The molecule has 8 nitrogen and oxygen atoms in total. The summed E-state index contributed by atoms with van der Waals surface area (Å²) in [6.07, 6.45) is 0. The summed E-state index contributed by atoms with van der Waals surface area (Å²) in [7, 11) is 2.70. The Morgan fingerprint density at radius 3 is 2.53 bits per heavy atom. The van der Waals surface area contributed by atoms with Crippen LogP contribution in [-0.2, 0) is 19.1 Å². The maximum atomic E-state index is 12.9. The lowest BCUT2D eigenvalue weighted by Crippen LogP contribution is -2.44. The van der Waals surface area contributed by atoms with Gasteiger partial charge in [0.2, 0.25) is 11.8 Å². The number of esters is 1. The van der Waals surface area contributed by atoms with Crippen LogP contribution in [0.25, 0.3) is 0 Å². The molecule has 2 N–H and O–H groups in total. The molecule has 2 atom stereocenters. The topological polar surface area (TPSA) is 118 Å². The van der Waals surface area contributed by atoms with Crippen molar-refractivity contribution in [3.8, 4) is 11.8 Å². The highest BCUT2D eigenvalue weighted by Crippen LogP contribution is 2.40. The second kappa shape index (κ2) is 11.1. The number of anilines is 1. The van der Waals surface area contributed by atoms with Crippen LogP contribution in [0.5, 0.6) is 5.75 Å². The molecule has 0 bridgehead atoms. The Morgan fingerprint density at radius 2 is 1.91 bits per heavy atom. The molecule has 0 spiro atoms. The Balaban J connectivity index is 1.90. The van der Waals surface area contributed by atoms with Gasteiger partial charge >= 0.3 is 5.97 Å². The Kier molecular flexibility index (Phi) is 8.21. The zero-order chi connectivity index (χ0) is 24.8. The number of rotatable bonds is 7. The molecule has 0 saturated carbocycles. The maximum absolute atomic E-state index is 12.9. The fourth-order valence-electron chi connectivity index (χ4n) is 3.56. The van der Waals surface area contributed by atoms with Crippen molar-refractivity contribution in [1.29, 1.82) is 5.26 Å². The number of benzene rings is 2. The summed E-state index contributed by atoms with van der Waals surface area (Å²) in [5.74, 6) is -3.33. The molecule has 176 valence electrons. The van der Waals surface area contributed by atoms with Crippen molar-refractivity contribution in [3.63, 3.8) is 0 Å². The van der Waals surface area contributed by atoms with Crippen LogP contribution in [-0.4, -0.2) is 37.8 Å². The van der Waals surface area contributed by atoms with Gasteiger partial charge in [-0.05, 0) is 42.3 Å². The van der Waals surface area contributed by atoms with Gasteiger partial charge in [0.25, 0.3) is 0 Å². The predicted octanol–water partition coefficient (Wildman–Crippen LogP) is 3.77. The number of hydrogen-bond donors (Lipinski definition) is 2. The van der Waals surface area contributed by atoms with Gasteiger partial charge in [-0.3, -0.25) is 14.4 Å². The number of thioether (sulfide) groups is 1.